The third-order valence-corrected chi connectivity index (χ3v) is 6.49. The monoisotopic (exact) mass is 442 g/mol. The van der Waals surface area contributed by atoms with Gasteiger partial charge in [0, 0.05) is 23.2 Å². The molecule has 0 saturated heterocycles. The standard InChI is InChI=1S/C24H22N6OS/c1-3-29-15-25-27-22(29)18-10-7-11-19(12-18)26-23(31)21-13-20-16(2)28-30(24(20)32-21)14-17-8-5-4-6-9-17/h4-13,15H,3,14H2,1-2H3,(H,26,31). The Kier molecular flexibility index (Phi) is 5.28. The first-order chi connectivity index (χ1) is 15.6. The van der Waals surface area contributed by atoms with Crippen LogP contribution in [0.25, 0.3) is 21.6 Å². The van der Waals surface area contributed by atoms with Gasteiger partial charge in [-0.05, 0) is 37.6 Å². The predicted octanol–water partition coefficient (Wildman–Crippen LogP) is 4.99. The molecule has 0 atom stereocenters. The number of anilines is 1. The average molecular weight is 443 g/mol. The average Bonchev–Trinajstić information content (AvgIpc) is 3.52. The molecule has 1 amide bonds. The molecule has 7 nitrogen and oxygen atoms in total. The number of aromatic nitrogens is 5. The highest BCUT2D eigenvalue weighted by Crippen LogP contribution is 2.30. The molecule has 5 aromatic rings. The van der Waals surface area contributed by atoms with Gasteiger partial charge >= 0.3 is 0 Å². The number of hydrogen-bond acceptors (Lipinski definition) is 5. The second-order valence-electron chi connectivity index (χ2n) is 7.53. The maximum absolute atomic E-state index is 13.0. The lowest BCUT2D eigenvalue weighted by atomic mass is 10.2. The maximum atomic E-state index is 13.0. The fourth-order valence-corrected chi connectivity index (χ4v) is 4.78. The molecule has 8 heteroatoms. The Labute approximate surface area is 189 Å². The minimum absolute atomic E-state index is 0.133. The minimum Gasteiger partial charge on any atom is -0.321 e. The Morgan fingerprint density at radius 3 is 2.75 bits per heavy atom. The van der Waals surface area contributed by atoms with Gasteiger partial charge < -0.3 is 9.88 Å². The van der Waals surface area contributed by atoms with E-state index < -0.39 is 0 Å². The van der Waals surface area contributed by atoms with E-state index in [9.17, 15) is 4.79 Å². The molecule has 0 fully saturated rings. The molecule has 2 aromatic carbocycles. The molecule has 0 unspecified atom stereocenters. The first-order valence-corrected chi connectivity index (χ1v) is 11.2. The molecular weight excluding hydrogens is 420 g/mol. The van der Waals surface area contributed by atoms with E-state index in [0.717, 1.165) is 39.5 Å². The molecule has 0 spiro atoms. The first kappa shape index (κ1) is 20.1. The number of benzene rings is 2. The van der Waals surface area contributed by atoms with Gasteiger partial charge in [0.15, 0.2) is 5.82 Å². The summed E-state index contributed by atoms with van der Waals surface area (Å²) in [5, 5.41) is 16.9. The number of fused-ring (bicyclic) bond motifs is 1. The van der Waals surface area contributed by atoms with Crippen LogP contribution in [-0.2, 0) is 13.1 Å². The van der Waals surface area contributed by atoms with Gasteiger partial charge in [-0.2, -0.15) is 5.10 Å². The number of carbonyl (C=O) groups excluding carboxylic acids is 1. The van der Waals surface area contributed by atoms with E-state index in [1.165, 1.54) is 16.9 Å². The molecule has 0 aliphatic rings. The fraction of sp³-hybridized carbons (Fsp3) is 0.167. The second-order valence-corrected chi connectivity index (χ2v) is 8.56. The van der Waals surface area contributed by atoms with Crippen LogP contribution in [0, 0.1) is 6.92 Å². The van der Waals surface area contributed by atoms with Crippen molar-refractivity contribution in [1.82, 2.24) is 24.5 Å². The van der Waals surface area contributed by atoms with Gasteiger partial charge in [0.05, 0.1) is 17.1 Å². The fourth-order valence-electron chi connectivity index (χ4n) is 3.73. The van der Waals surface area contributed by atoms with Gasteiger partial charge in [-0.25, -0.2) is 0 Å². The summed E-state index contributed by atoms with van der Waals surface area (Å²) in [6, 6.07) is 19.8. The second kappa shape index (κ2) is 8.39. The van der Waals surface area contributed by atoms with Gasteiger partial charge in [-0.3, -0.25) is 9.48 Å². The summed E-state index contributed by atoms with van der Waals surface area (Å²) >= 11 is 1.46. The van der Waals surface area contributed by atoms with E-state index in [2.05, 4.69) is 32.7 Å². The Hall–Kier alpha value is -3.78. The van der Waals surface area contributed by atoms with E-state index >= 15 is 0 Å². The van der Waals surface area contributed by atoms with Crippen molar-refractivity contribution in [3.8, 4) is 11.4 Å². The highest BCUT2D eigenvalue weighted by molar-refractivity contribution is 7.20. The van der Waals surface area contributed by atoms with E-state index in [1.807, 2.05) is 71.6 Å². The van der Waals surface area contributed by atoms with Gasteiger partial charge in [0.1, 0.15) is 11.2 Å². The Balaban J connectivity index is 1.40. The number of hydrogen-bond donors (Lipinski definition) is 1. The SMILES string of the molecule is CCn1cnnc1-c1cccc(NC(=O)c2cc3c(C)nn(Cc4ccccc4)c3s2)c1. The van der Waals surface area contributed by atoms with Crippen LogP contribution in [0.5, 0.6) is 0 Å². The summed E-state index contributed by atoms with van der Waals surface area (Å²) in [7, 11) is 0. The molecule has 0 bridgehead atoms. The maximum Gasteiger partial charge on any atom is 0.265 e. The molecular formula is C24H22N6OS. The number of amides is 1. The van der Waals surface area contributed by atoms with Crippen molar-refractivity contribution >= 4 is 33.1 Å². The summed E-state index contributed by atoms with van der Waals surface area (Å²) in [6.07, 6.45) is 1.71. The summed E-state index contributed by atoms with van der Waals surface area (Å²) in [5.41, 5.74) is 3.73. The largest absolute Gasteiger partial charge is 0.321 e. The lowest BCUT2D eigenvalue weighted by Crippen LogP contribution is -2.10. The normalized spacial score (nSPS) is 11.2. The van der Waals surface area contributed by atoms with Crippen molar-refractivity contribution in [2.45, 2.75) is 26.9 Å². The molecule has 32 heavy (non-hydrogen) atoms. The summed E-state index contributed by atoms with van der Waals surface area (Å²) < 4.78 is 3.94. The van der Waals surface area contributed by atoms with Crippen molar-refractivity contribution in [3.05, 3.63) is 83.1 Å². The van der Waals surface area contributed by atoms with Crippen LogP contribution >= 0.6 is 11.3 Å². The zero-order valence-electron chi connectivity index (χ0n) is 17.8. The third-order valence-electron chi connectivity index (χ3n) is 5.34. The van der Waals surface area contributed by atoms with Crippen molar-refractivity contribution < 1.29 is 4.79 Å². The molecule has 160 valence electrons. The number of nitrogens with one attached hydrogen (secondary N) is 1. The van der Waals surface area contributed by atoms with Crippen LogP contribution in [0.15, 0.2) is 67.0 Å². The van der Waals surface area contributed by atoms with Crippen LogP contribution in [0.2, 0.25) is 0 Å². The summed E-state index contributed by atoms with van der Waals surface area (Å²) in [4.78, 5) is 14.7. The summed E-state index contributed by atoms with van der Waals surface area (Å²) in [6.45, 7) is 5.47. The molecule has 0 saturated carbocycles. The Bertz CT molecular complexity index is 1400. The van der Waals surface area contributed by atoms with Gasteiger partial charge in [-0.15, -0.1) is 21.5 Å². The zero-order valence-corrected chi connectivity index (χ0v) is 18.6. The molecule has 1 N–H and O–H groups in total. The first-order valence-electron chi connectivity index (χ1n) is 10.4. The quantitative estimate of drug-likeness (QED) is 0.402. The van der Waals surface area contributed by atoms with Crippen LogP contribution in [-0.4, -0.2) is 30.5 Å². The number of aryl methyl sites for hydroxylation is 2. The Morgan fingerprint density at radius 2 is 1.94 bits per heavy atom. The van der Waals surface area contributed by atoms with Gasteiger partial charge in [0.2, 0.25) is 0 Å². The van der Waals surface area contributed by atoms with Crippen LogP contribution < -0.4 is 5.32 Å². The van der Waals surface area contributed by atoms with Gasteiger partial charge in [-0.1, -0.05) is 42.5 Å². The molecule has 3 heterocycles. The van der Waals surface area contributed by atoms with E-state index in [-0.39, 0.29) is 5.91 Å². The zero-order chi connectivity index (χ0) is 22.1. The van der Waals surface area contributed by atoms with Crippen LogP contribution in [0.3, 0.4) is 0 Å². The lowest BCUT2D eigenvalue weighted by molar-refractivity contribution is 0.103. The Morgan fingerprint density at radius 1 is 1.09 bits per heavy atom. The smallest absolute Gasteiger partial charge is 0.265 e. The van der Waals surface area contributed by atoms with Crippen molar-refractivity contribution in [2.24, 2.45) is 0 Å². The lowest BCUT2D eigenvalue weighted by Gasteiger charge is -2.07. The molecule has 0 radical (unpaired) electrons. The number of thiophene rings is 1. The minimum atomic E-state index is -0.133. The van der Waals surface area contributed by atoms with Crippen LogP contribution in [0.1, 0.15) is 27.9 Å². The topological polar surface area (TPSA) is 77.6 Å². The predicted molar refractivity (Wildman–Crippen MR) is 127 cm³/mol. The summed E-state index contributed by atoms with van der Waals surface area (Å²) in [5.74, 6) is 0.646. The highest BCUT2D eigenvalue weighted by atomic mass is 32.1. The molecule has 0 aliphatic carbocycles. The molecule has 5 rings (SSSR count). The van der Waals surface area contributed by atoms with E-state index in [0.29, 0.717) is 11.4 Å². The number of carbonyl (C=O) groups is 1. The van der Waals surface area contributed by atoms with Crippen LogP contribution in [0.4, 0.5) is 5.69 Å². The molecule has 0 aliphatic heterocycles. The van der Waals surface area contributed by atoms with E-state index in [1.54, 1.807) is 6.33 Å². The molecule has 3 aromatic heterocycles. The van der Waals surface area contributed by atoms with Gasteiger partial charge in [0.25, 0.3) is 5.91 Å². The highest BCUT2D eigenvalue weighted by Gasteiger charge is 2.17. The van der Waals surface area contributed by atoms with Crippen molar-refractivity contribution in [1.29, 1.82) is 0 Å². The number of rotatable bonds is 6. The van der Waals surface area contributed by atoms with Crippen molar-refractivity contribution in [3.63, 3.8) is 0 Å². The third kappa shape index (κ3) is 3.80. The van der Waals surface area contributed by atoms with E-state index in [4.69, 9.17) is 0 Å². The van der Waals surface area contributed by atoms with Crippen molar-refractivity contribution in [2.75, 3.05) is 5.32 Å². The number of nitrogens with zero attached hydrogens (tertiary/aromatic N) is 5.